The van der Waals surface area contributed by atoms with E-state index in [1.807, 2.05) is 6.07 Å². The largest absolute Gasteiger partial charge is 0.387 e. The highest BCUT2D eigenvalue weighted by Gasteiger charge is 2.19. The molecule has 0 saturated carbocycles. The zero-order chi connectivity index (χ0) is 12.1. The van der Waals surface area contributed by atoms with Gasteiger partial charge in [0.25, 0.3) is 0 Å². The maximum Gasteiger partial charge on any atom is 0.0945 e. The third-order valence-electron chi connectivity index (χ3n) is 3.03. The van der Waals surface area contributed by atoms with Gasteiger partial charge in [-0.2, -0.15) is 0 Å². The second-order valence-electron chi connectivity index (χ2n) is 4.38. The molecule has 0 aromatic heterocycles. The molecule has 0 bridgehead atoms. The summed E-state index contributed by atoms with van der Waals surface area (Å²) < 4.78 is 0. The van der Waals surface area contributed by atoms with Crippen molar-refractivity contribution in [1.82, 2.24) is 5.32 Å². The Labute approximate surface area is 98.7 Å². The Kier molecular flexibility index (Phi) is 4.97. The van der Waals surface area contributed by atoms with Gasteiger partial charge in [-0.25, -0.2) is 0 Å². The Bertz CT molecular complexity index is 336. The second kappa shape index (κ2) is 6.02. The van der Waals surface area contributed by atoms with Gasteiger partial charge in [0, 0.05) is 6.04 Å². The molecule has 0 radical (unpaired) electrons. The average Bonchev–Trinajstić information content (AvgIpc) is 2.25. The van der Waals surface area contributed by atoms with E-state index in [2.05, 4.69) is 45.1 Å². The van der Waals surface area contributed by atoms with E-state index in [1.54, 1.807) is 0 Å². The van der Waals surface area contributed by atoms with Crippen LogP contribution < -0.4 is 5.32 Å². The van der Waals surface area contributed by atoms with Crippen molar-refractivity contribution in [3.63, 3.8) is 0 Å². The molecular formula is C14H23NO. The SMILES string of the molecule is CCNC(CC)C(O)c1ccc(C)cc1C. The third kappa shape index (κ3) is 3.06. The van der Waals surface area contributed by atoms with Gasteiger partial charge in [-0.15, -0.1) is 0 Å². The molecule has 90 valence electrons. The predicted octanol–water partition coefficient (Wildman–Crippen LogP) is 2.72. The fourth-order valence-electron chi connectivity index (χ4n) is 2.12. The summed E-state index contributed by atoms with van der Waals surface area (Å²) in [4.78, 5) is 0. The van der Waals surface area contributed by atoms with Crippen molar-refractivity contribution in [3.8, 4) is 0 Å². The van der Waals surface area contributed by atoms with Crippen molar-refractivity contribution in [2.45, 2.75) is 46.3 Å². The number of nitrogens with one attached hydrogen (secondary N) is 1. The van der Waals surface area contributed by atoms with Crippen molar-refractivity contribution < 1.29 is 5.11 Å². The Hall–Kier alpha value is -0.860. The van der Waals surface area contributed by atoms with Gasteiger partial charge in [0.15, 0.2) is 0 Å². The lowest BCUT2D eigenvalue weighted by Gasteiger charge is -2.24. The van der Waals surface area contributed by atoms with Crippen molar-refractivity contribution >= 4 is 0 Å². The van der Waals surface area contributed by atoms with E-state index >= 15 is 0 Å². The Morgan fingerprint density at radius 1 is 1.25 bits per heavy atom. The van der Waals surface area contributed by atoms with Gasteiger partial charge in [0.2, 0.25) is 0 Å². The number of aryl methyl sites for hydroxylation is 2. The third-order valence-corrected chi connectivity index (χ3v) is 3.03. The van der Waals surface area contributed by atoms with Crippen molar-refractivity contribution in [1.29, 1.82) is 0 Å². The zero-order valence-electron chi connectivity index (χ0n) is 10.7. The summed E-state index contributed by atoms with van der Waals surface area (Å²) in [5.74, 6) is 0. The van der Waals surface area contributed by atoms with Crippen LogP contribution in [0.3, 0.4) is 0 Å². The molecule has 0 aliphatic carbocycles. The minimum absolute atomic E-state index is 0.145. The smallest absolute Gasteiger partial charge is 0.0945 e. The van der Waals surface area contributed by atoms with E-state index in [1.165, 1.54) is 11.1 Å². The van der Waals surface area contributed by atoms with Crippen LogP contribution in [0, 0.1) is 13.8 Å². The van der Waals surface area contributed by atoms with E-state index < -0.39 is 6.10 Å². The Morgan fingerprint density at radius 3 is 2.44 bits per heavy atom. The number of hydrogen-bond acceptors (Lipinski definition) is 2. The molecular weight excluding hydrogens is 198 g/mol. The van der Waals surface area contributed by atoms with Crippen LogP contribution in [-0.4, -0.2) is 17.7 Å². The number of aliphatic hydroxyl groups is 1. The molecule has 0 fully saturated rings. The summed E-state index contributed by atoms with van der Waals surface area (Å²) in [6.07, 6.45) is 0.521. The normalized spacial score (nSPS) is 14.8. The molecule has 1 aromatic carbocycles. The lowest BCUT2D eigenvalue weighted by atomic mass is 9.95. The summed E-state index contributed by atoms with van der Waals surface area (Å²) in [6, 6.07) is 6.36. The molecule has 2 N–H and O–H groups in total. The Morgan fingerprint density at radius 2 is 1.94 bits per heavy atom. The lowest BCUT2D eigenvalue weighted by molar-refractivity contribution is 0.126. The fourth-order valence-corrected chi connectivity index (χ4v) is 2.12. The first kappa shape index (κ1) is 13.2. The van der Waals surface area contributed by atoms with Crippen LogP contribution in [0.15, 0.2) is 18.2 Å². The molecule has 0 heterocycles. The number of rotatable bonds is 5. The predicted molar refractivity (Wildman–Crippen MR) is 68.6 cm³/mol. The molecule has 1 rings (SSSR count). The molecule has 0 saturated heterocycles. The van der Waals surface area contributed by atoms with Gasteiger partial charge in [0.05, 0.1) is 6.10 Å². The summed E-state index contributed by atoms with van der Waals surface area (Å²) >= 11 is 0. The van der Waals surface area contributed by atoms with Crippen molar-refractivity contribution in [2.75, 3.05) is 6.54 Å². The zero-order valence-corrected chi connectivity index (χ0v) is 10.7. The van der Waals surface area contributed by atoms with E-state index in [4.69, 9.17) is 0 Å². The molecule has 16 heavy (non-hydrogen) atoms. The van der Waals surface area contributed by atoms with Crippen LogP contribution in [0.2, 0.25) is 0 Å². The molecule has 2 unspecified atom stereocenters. The minimum atomic E-state index is -0.412. The van der Waals surface area contributed by atoms with Crippen LogP contribution in [0.5, 0.6) is 0 Å². The molecule has 2 heteroatoms. The van der Waals surface area contributed by atoms with Gasteiger partial charge in [-0.05, 0) is 37.9 Å². The molecule has 1 aromatic rings. The summed E-state index contributed by atoms with van der Waals surface area (Å²) in [6.45, 7) is 9.19. The quantitative estimate of drug-likeness (QED) is 0.801. The highest BCUT2D eigenvalue weighted by Crippen LogP contribution is 2.23. The average molecular weight is 221 g/mol. The van der Waals surface area contributed by atoms with Crippen LogP contribution in [0.1, 0.15) is 43.1 Å². The monoisotopic (exact) mass is 221 g/mol. The van der Waals surface area contributed by atoms with Gasteiger partial charge < -0.3 is 10.4 Å². The molecule has 2 nitrogen and oxygen atoms in total. The first-order chi connectivity index (χ1) is 7.60. The molecule has 0 amide bonds. The highest BCUT2D eigenvalue weighted by molar-refractivity contribution is 5.32. The second-order valence-corrected chi connectivity index (χ2v) is 4.38. The van der Waals surface area contributed by atoms with Crippen LogP contribution in [-0.2, 0) is 0 Å². The maximum absolute atomic E-state index is 10.3. The summed E-state index contributed by atoms with van der Waals surface area (Å²) in [7, 11) is 0. The number of likely N-dealkylation sites (N-methyl/N-ethyl adjacent to an activating group) is 1. The summed E-state index contributed by atoms with van der Waals surface area (Å²) in [5.41, 5.74) is 3.45. The molecule has 2 atom stereocenters. The van der Waals surface area contributed by atoms with E-state index in [0.29, 0.717) is 0 Å². The van der Waals surface area contributed by atoms with Crippen LogP contribution >= 0.6 is 0 Å². The lowest BCUT2D eigenvalue weighted by Crippen LogP contribution is -2.34. The van der Waals surface area contributed by atoms with Gasteiger partial charge >= 0.3 is 0 Å². The van der Waals surface area contributed by atoms with E-state index in [9.17, 15) is 5.11 Å². The fraction of sp³-hybridized carbons (Fsp3) is 0.571. The first-order valence-electron chi connectivity index (χ1n) is 6.08. The van der Waals surface area contributed by atoms with Crippen LogP contribution in [0.25, 0.3) is 0 Å². The van der Waals surface area contributed by atoms with Gasteiger partial charge in [0.1, 0.15) is 0 Å². The first-order valence-corrected chi connectivity index (χ1v) is 6.08. The molecule has 0 aliphatic heterocycles. The maximum atomic E-state index is 10.3. The minimum Gasteiger partial charge on any atom is -0.387 e. The highest BCUT2D eigenvalue weighted by atomic mass is 16.3. The number of benzene rings is 1. The van der Waals surface area contributed by atoms with Gasteiger partial charge in [-0.1, -0.05) is 37.6 Å². The van der Waals surface area contributed by atoms with Crippen LogP contribution in [0.4, 0.5) is 0 Å². The standard InChI is InChI=1S/C14H23NO/c1-5-13(15-6-2)14(16)12-8-7-10(3)9-11(12)4/h7-9,13-16H,5-6H2,1-4H3. The Balaban J connectivity index is 2.89. The van der Waals surface area contributed by atoms with Crippen molar-refractivity contribution in [3.05, 3.63) is 34.9 Å². The topological polar surface area (TPSA) is 32.3 Å². The van der Waals surface area contributed by atoms with Gasteiger partial charge in [-0.3, -0.25) is 0 Å². The molecule has 0 aliphatic rings. The van der Waals surface area contributed by atoms with E-state index in [0.717, 1.165) is 18.5 Å². The number of aliphatic hydroxyl groups excluding tert-OH is 1. The van der Waals surface area contributed by atoms with E-state index in [-0.39, 0.29) is 6.04 Å². The summed E-state index contributed by atoms with van der Waals surface area (Å²) in [5, 5.41) is 13.6. The number of hydrogen-bond donors (Lipinski definition) is 2. The molecule has 0 spiro atoms. The van der Waals surface area contributed by atoms with Crippen molar-refractivity contribution in [2.24, 2.45) is 0 Å².